The summed E-state index contributed by atoms with van der Waals surface area (Å²) in [6.07, 6.45) is 1.83. The van der Waals surface area contributed by atoms with E-state index < -0.39 is 0 Å². The van der Waals surface area contributed by atoms with Crippen LogP contribution in [0.5, 0.6) is 0 Å². The van der Waals surface area contributed by atoms with Crippen molar-refractivity contribution in [2.24, 2.45) is 0 Å². The highest BCUT2D eigenvalue weighted by Gasteiger charge is 2.40. The van der Waals surface area contributed by atoms with Gasteiger partial charge in [-0.05, 0) is 51.9 Å². The summed E-state index contributed by atoms with van der Waals surface area (Å²) in [4.78, 5) is 8.10. The molecule has 1 aliphatic heterocycles. The van der Waals surface area contributed by atoms with Gasteiger partial charge in [-0.15, -0.1) is 11.3 Å². The number of nitrogens with zero attached hydrogens (tertiary/aromatic N) is 2. The van der Waals surface area contributed by atoms with Crippen molar-refractivity contribution < 1.29 is 0 Å². The number of pyridine rings is 1. The van der Waals surface area contributed by atoms with Crippen molar-refractivity contribution in [1.82, 2.24) is 15.2 Å². The molecule has 2 unspecified atom stereocenters. The van der Waals surface area contributed by atoms with Crippen LogP contribution in [0.4, 0.5) is 0 Å². The van der Waals surface area contributed by atoms with Crippen LogP contribution in [-0.4, -0.2) is 15.0 Å². The molecule has 0 amide bonds. The molecule has 1 aliphatic rings. The molecule has 0 spiro atoms. The van der Waals surface area contributed by atoms with Crippen molar-refractivity contribution in [2.45, 2.75) is 18.6 Å². The van der Waals surface area contributed by atoms with Gasteiger partial charge in [0.05, 0.1) is 17.8 Å². The maximum Gasteiger partial charge on any atom is 0.170 e. The lowest BCUT2D eigenvalue weighted by Gasteiger charge is -2.26. The SMILES string of the molecule is S=C1NC(c2ccccn2)C(c2cc(Br)cs2)N1Cc1ccccc1. The lowest BCUT2D eigenvalue weighted by atomic mass is 10.0. The number of rotatable bonds is 4. The van der Waals surface area contributed by atoms with Crippen LogP contribution in [0.2, 0.25) is 0 Å². The average Bonchev–Trinajstić information content (AvgIpc) is 3.20. The Morgan fingerprint density at radius 1 is 1.16 bits per heavy atom. The Bertz CT molecular complexity index is 867. The van der Waals surface area contributed by atoms with Crippen LogP contribution >= 0.6 is 39.5 Å². The Hall–Kier alpha value is -1.76. The molecule has 1 N–H and O–H groups in total. The van der Waals surface area contributed by atoms with E-state index in [4.69, 9.17) is 12.2 Å². The first-order chi connectivity index (χ1) is 12.2. The number of thiocarbonyl (C=S) groups is 1. The minimum absolute atomic E-state index is 0.0444. The maximum absolute atomic E-state index is 5.68. The molecule has 0 aliphatic carbocycles. The van der Waals surface area contributed by atoms with Crippen molar-refractivity contribution in [2.75, 3.05) is 0 Å². The second kappa shape index (κ2) is 7.23. The normalized spacial score (nSPS) is 19.9. The zero-order valence-corrected chi connectivity index (χ0v) is 16.5. The summed E-state index contributed by atoms with van der Waals surface area (Å²) in [7, 11) is 0. The van der Waals surface area contributed by atoms with Gasteiger partial charge in [0.1, 0.15) is 0 Å². The Balaban J connectivity index is 1.72. The molecule has 0 radical (unpaired) electrons. The summed E-state index contributed by atoms with van der Waals surface area (Å²) in [5.74, 6) is 0. The Kier molecular flexibility index (Phi) is 4.83. The number of thiophene rings is 1. The molecule has 3 heterocycles. The van der Waals surface area contributed by atoms with E-state index in [2.05, 4.69) is 72.9 Å². The van der Waals surface area contributed by atoms with Gasteiger partial charge in [0.15, 0.2) is 5.11 Å². The van der Waals surface area contributed by atoms with Gasteiger partial charge >= 0.3 is 0 Å². The van der Waals surface area contributed by atoms with Gasteiger partial charge in [0, 0.05) is 27.5 Å². The second-order valence-corrected chi connectivity index (χ2v) is 8.15. The highest BCUT2D eigenvalue weighted by molar-refractivity contribution is 9.10. The maximum atomic E-state index is 5.68. The van der Waals surface area contributed by atoms with Crippen molar-refractivity contribution >= 4 is 44.6 Å². The Morgan fingerprint density at radius 3 is 2.64 bits per heavy atom. The van der Waals surface area contributed by atoms with E-state index in [1.54, 1.807) is 11.3 Å². The van der Waals surface area contributed by atoms with Gasteiger partial charge in [-0.1, -0.05) is 36.4 Å². The second-order valence-electron chi connectivity index (χ2n) is 5.91. The van der Waals surface area contributed by atoms with Crippen LogP contribution in [0.25, 0.3) is 0 Å². The van der Waals surface area contributed by atoms with Crippen molar-refractivity contribution in [3.8, 4) is 0 Å². The molecule has 126 valence electrons. The topological polar surface area (TPSA) is 28.2 Å². The van der Waals surface area contributed by atoms with Crippen LogP contribution in [0, 0.1) is 0 Å². The summed E-state index contributed by atoms with van der Waals surface area (Å²) in [5.41, 5.74) is 2.25. The summed E-state index contributed by atoms with van der Waals surface area (Å²) in [6.45, 7) is 0.774. The molecule has 1 aromatic carbocycles. The lowest BCUT2D eigenvalue weighted by Crippen LogP contribution is -2.28. The standard InChI is InChI=1S/C19H16BrN3S2/c20-14-10-16(25-12-14)18-17(15-8-4-5-9-21-15)22-19(24)23(18)11-13-6-2-1-3-7-13/h1-10,12,17-18H,11H2,(H,22,24). The number of hydrogen-bond acceptors (Lipinski definition) is 3. The first kappa shape index (κ1) is 16.7. The highest BCUT2D eigenvalue weighted by Crippen LogP contribution is 2.42. The summed E-state index contributed by atoms with van der Waals surface area (Å²) >= 11 is 11.0. The van der Waals surface area contributed by atoms with Gasteiger partial charge in [-0.3, -0.25) is 4.98 Å². The minimum Gasteiger partial charge on any atom is -0.352 e. The molecule has 1 saturated heterocycles. The van der Waals surface area contributed by atoms with Crippen LogP contribution in [0.1, 0.15) is 28.2 Å². The largest absolute Gasteiger partial charge is 0.352 e. The molecule has 4 rings (SSSR count). The Labute approximate surface area is 164 Å². The number of halogens is 1. The first-order valence-corrected chi connectivity index (χ1v) is 10.1. The smallest absolute Gasteiger partial charge is 0.170 e. The zero-order valence-electron chi connectivity index (χ0n) is 13.3. The molecular formula is C19H16BrN3S2. The predicted octanol–water partition coefficient (Wildman–Crippen LogP) is 5.08. The molecule has 2 atom stereocenters. The van der Waals surface area contributed by atoms with E-state index >= 15 is 0 Å². The molecular weight excluding hydrogens is 414 g/mol. The van der Waals surface area contributed by atoms with Crippen LogP contribution in [0.3, 0.4) is 0 Å². The van der Waals surface area contributed by atoms with Gasteiger partial charge in [-0.25, -0.2) is 0 Å². The van der Waals surface area contributed by atoms with E-state index in [1.807, 2.05) is 24.4 Å². The van der Waals surface area contributed by atoms with Crippen molar-refractivity contribution in [3.05, 3.63) is 86.8 Å². The third-order valence-electron chi connectivity index (χ3n) is 4.27. The van der Waals surface area contributed by atoms with Crippen LogP contribution in [0.15, 0.2) is 70.6 Å². The van der Waals surface area contributed by atoms with Gasteiger partial charge in [-0.2, -0.15) is 0 Å². The van der Waals surface area contributed by atoms with E-state index in [-0.39, 0.29) is 12.1 Å². The molecule has 0 bridgehead atoms. The van der Waals surface area contributed by atoms with Crippen LogP contribution < -0.4 is 5.32 Å². The van der Waals surface area contributed by atoms with E-state index in [0.717, 1.165) is 21.8 Å². The fourth-order valence-corrected chi connectivity index (χ4v) is 5.05. The quantitative estimate of drug-likeness (QED) is 0.585. The third-order valence-corrected chi connectivity index (χ3v) is 6.39. The highest BCUT2D eigenvalue weighted by atomic mass is 79.9. The monoisotopic (exact) mass is 429 g/mol. The summed E-state index contributed by atoms with van der Waals surface area (Å²) < 4.78 is 1.10. The predicted molar refractivity (Wildman–Crippen MR) is 109 cm³/mol. The van der Waals surface area contributed by atoms with Gasteiger partial charge < -0.3 is 10.2 Å². The first-order valence-electron chi connectivity index (χ1n) is 7.98. The summed E-state index contributed by atoms with van der Waals surface area (Å²) in [6, 6.07) is 18.8. The van der Waals surface area contributed by atoms with E-state index in [0.29, 0.717) is 0 Å². The Morgan fingerprint density at radius 2 is 1.96 bits per heavy atom. The number of hydrogen-bond donors (Lipinski definition) is 1. The molecule has 3 aromatic rings. The summed E-state index contributed by atoms with van der Waals surface area (Å²) in [5, 5.41) is 6.37. The van der Waals surface area contributed by atoms with Crippen molar-refractivity contribution in [1.29, 1.82) is 0 Å². The van der Waals surface area contributed by atoms with Gasteiger partial charge in [0.2, 0.25) is 0 Å². The lowest BCUT2D eigenvalue weighted by molar-refractivity contribution is 0.315. The van der Waals surface area contributed by atoms with Crippen molar-refractivity contribution in [3.63, 3.8) is 0 Å². The van der Waals surface area contributed by atoms with Gasteiger partial charge in [0.25, 0.3) is 0 Å². The molecule has 6 heteroatoms. The molecule has 2 aromatic heterocycles. The minimum atomic E-state index is 0.0444. The molecule has 0 saturated carbocycles. The number of nitrogens with one attached hydrogen (secondary N) is 1. The molecule has 3 nitrogen and oxygen atoms in total. The fraction of sp³-hybridized carbons (Fsp3) is 0.158. The fourth-order valence-electron chi connectivity index (χ4n) is 3.15. The van der Waals surface area contributed by atoms with E-state index in [1.165, 1.54) is 10.4 Å². The van der Waals surface area contributed by atoms with E-state index in [9.17, 15) is 0 Å². The number of aromatic nitrogens is 1. The third kappa shape index (κ3) is 3.47. The molecule has 1 fully saturated rings. The number of benzene rings is 1. The van der Waals surface area contributed by atoms with Crippen LogP contribution in [-0.2, 0) is 6.54 Å². The zero-order chi connectivity index (χ0) is 17.2. The average molecular weight is 430 g/mol. The molecule has 25 heavy (non-hydrogen) atoms.